The van der Waals surface area contributed by atoms with Gasteiger partial charge in [0.15, 0.2) is 0 Å². The number of esters is 2. The molecule has 0 aromatic rings. The number of methoxy groups -OCH3 is 2. The molecule has 0 atom stereocenters. The van der Waals surface area contributed by atoms with Crippen molar-refractivity contribution in [1.29, 1.82) is 0 Å². The van der Waals surface area contributed by atoms with Crippen LogP contribution in [0.5, 0.6) is 0 Å². The second-order valence-corrected chi connectivity index (χ2v) is 5.82. The second kappa shape index (κ2) is 7.59. The van der Waals surface area contributed by atoms with E-state index >= 15 is 0 Å². The highest BCUT2D eigenvalue weighted by atomic mass is 16.5. The topological polar surface area (TPSA) is 59.1 Å². The van der Waals surface area contributed by atoms with Crippen LogP contribution in [0.2, 0.25) is 0 Å². The Hall–Kier alpha value is -1.14. The molecule has 116 valence electrons. The van der Waals surface area contributed by atoms with E-state index < -0.39 is 5.41 Å². The largest absolute Gasteiger partial charge is 0.469 e. The van der Waals surface area contributed by atoms with Gasteiger partial charge in [-0.05, 0) is 13.8 Å². The molecule has 0 aromatic carbocycles. The molecule has 0 spiro atoms. The summed E-state index contributed by atoms with van der Waals surface area (Å²) in [6, 6.07) is 0. The molecule has 1 fully saturated rings. The van der Waals surface area contributed by atoms with Crippen molar-refractivity contribution in [3.63, 3.8) is 0 Å². The number of piperazine rings is 1. The number of ether oxygens (including phenoxy) is 2. The Balaban J connectivity index is 2.32. The first-order valence-corrected chi connectivity index (χ1v) is 6.99. The Morgan fingerprint density at radius 2 is 1.55 bits per heavy atom. The molecule has 1 rings (SSSR count). The molecule has 1 aliphatic rings. The summed E-state index contributed by atoms with van der Waals surface area (Å²) in [5.41, 5.74) is -0.483. The molecule has 0 amide bonds. The van der Waals surface area contributed by atoms with Crippen molar-refractivity contribution in [2.75, 3.05) is 53.5 Å². The number of rotatable bonds is 6. The Morgan fingerprint density at radius 1 is 1.00 bits per heavy atom. The van der Waals surface area contributed by atoms with Gasteiger partial charge in [-0.25, -0.2) is 0 Å². The van der Waals surface area contributed by atoms with Crippen LogP contribution in [0.1, 0.15) is 20.3 Å². The van der Waals surface area contributed by atoms with Crippen LogP contribution in [0.25, 0.3) is 0 Å². The van der Waals surface area contributed by atoms with E-state index in [9.17, 15) is 9.59 Å². The number of hydrogen-bond donors (Lipinski definition) is 0. The Morgan fingerprint density at radius 3 is 2.05 bits per heavy atom. The van der Waals surface area contributed by atoms with Crippen LogP contribution in [0.4, 0.5) is 0 Å². The first-order valence-electron chi connectivity index (χ1n) is 6.99. The summed E-state index contributed by atoms with van der Waals surface area (Å²) < 4.78 is 9.47. The summed E-state index contributed by atoms with van der Waals surface area (Å²) in [6.07, 6.45) is 0.435. The van der Waals surface area contributed by atoms with Crippen LogP contribution >= 0.6 is 0 Å². The maximum Gasteiger partial charge on any atom is 0.312 e. The Labute approximate surface area is 121 Å². The van der Waals surface area contributed by atoms with Gasteiger partial charge in [-0.2, -0.15) is 0 Å². The standard InChI is InChI=1S/C14H26N2O4/c1-14(2,13(18)20-4)11-16-9-7-15(8-10-16)6-5-12(17)19-3/h5-11H2,1-4H3. The summed E-state index contributed by atoms with van der Waals surface area (Å²) in [5.74, 6) is -0.343. The van der Waals surface area contributed by atoms with Gasteiger partial charge in [0.25, 0.3) is 0 Å². The quantitative estimate of drug-likeness (QED) is 0.657. The lowest BCUT2D eigenvalue weighted by Crippen LogP contribution is -2.50. The minimum Gasteiger partial charge on any atom is -0.469 e. The molecule has 0 N–H and O–H groups in total. The summed E-state index contributed by atoms with van der Waals surface area (Å²) in [4.78, 5) is 27.3. The first kappa shape index (κ1) is 16.9. The van der Waals surface area contributed by atoms with Gasteiger partial charge < -0.3 is 14.4 Å². The van der Waals surface area contributed by atoms with Crippen molar-refractivity contribution < 1.29 is 19.1 Å². The van der Waals surface area contributed by atoms with Crippen molar-refractivity contribution in [3.8, 4) is 0 Å². The third-order valence-electron chi connectivity index (χ3n) is 3.68. The van der Waals surface area contributed by atoms with Crippen LogP contribution in [0.3, 0.4) is 0 Å². The summed E-state index contributed by atoms with van der Waals surface area (Å²) in [6.45, 7) is 8.88. The first-order chi connectivity index (χ1) is 9.39. The number of nitrogens with zero attached hydrogens (tertiary/aromatic N) is 2. The molecule has 0 aliphatic carbocycles. The predicted octanol–water partition coefficient (Wildman–Crippen LogP) is 0.366. The van der Waals surface area contributed by atoms with Crippen LogP contribution in [0, 0.1) is 5.41 Å². The normalized spacial score (nSPS) is 17.8. The van der Waals surface area contributed by atoms with Gasteiger partial charge in [0.2, 0.25) is 0 Å². The highest BCUT2D eigenvalue weighted by Gasteiger charge is 2.32. The van der Waals surface area contributed by atoms with E-state index in [2.05, 4.69) is 14.5 Å². The van der Waals surface area contributed by atoms with Crippen molar-refractivity contribution in [2.45, 2.75) is 20.3 Å². The van der Waals surface area contributed by atoms with Crippen LogP contribution in [-0.4, -0.2) is 75.2 Å². The average Bonchev–Trinajstić information content (AvgIpc) is 2.44. The molecule has 1 aliphatic heterocycles. The second-order valence-electron chi connectivity index (χ2n) is 5.82. The molecule has 0 aromatic heterocycles. The maximum absolute atomic E-state index is 11.7. The summed E-state index contributed by atoms with van der Waals surface area (Å²) in [5, 5.41) is 0. The van der Waals surface area contributed by atoms with Gasteiger partial charge in [-0.3, -0.25) is 14.5 Å². The van der Waals surface area contributed by atoms with E-state index in [0.717, 1.165) is 32.7 Å². The molecule has 0 saturated carbocycles. The molecule has 1 saturated heterocycles. The van der Waals surface area contributed by atoms with Crippen molar-refractivity contribution in [1.82, 2.24) is 9.80 Å². The van der Waals surface area contributed by atoms with Gasteiger partial charge >= 0.3 is 11.9 Å². The molecule has 0 bridgehead atoms. The van der Waals surface area contributed by atoms with E-state index in [4.69, 9.17) is 4.74 Å². The van der Waals surface area contributed by atoms with E-state index in [-0.39, 0.29) is 11.9 Å². The van der Waals surface area contributed by atoms with E-state index in [0.29, 0.717) is 13.0 Å². The summed E-state index contributed by atoms with van der Waals surface area (Å²) in [7, 11) is 2.84. The number of hydrogen-bond acceptors (Lipinski definition) is 6. The SMILES string of the molecule is COC(=O)CCN1CCN(CC(C)(C)C(=O)OC)CC1. The fourth-order valence-corrected chi connectivity index (χ4v) is 2.42. The molecular formula is C14H26N2O4. The molecule has 20 heavy (non-hydrogen) atoms. The molecule has 0 radical (unpaired) electrons. The number of carbonyl (C=O) groups is 2. The maximum atomic E-state index is 11.7. The van der Waals surface area contributed by atoms with Crippen LogP contribution in [-0.2, 0) is 19.1 Å². The summed E-state index contributed by atoms with van der Waals surface area (Å²) >= 11 is 0. The van der Waals surface area contributed by atoms with Gasteiger partial charge in [-0.1, -0.05) is 0 Å². The Bertz CT molecular complexity index is 336. The third kappa shape index (κ3) is 5.09. The number of carbonyl (C=O) groups excluding carboxylic acids is 2. The van der Waals surface area contributed by atoms with Crippen molar-refractivity contribution in [2.24, 2.45) is 5.41 Å². The van der Waals surface area contributed by atoms with Crippen LogP contribution < -0.4 is 0 Å². The average molecular weight is 286 g/mol. The lowest BCUT2D eigenvalue weighted by Gasteiger charge is -2.37. The van der Waals surface area contributed by atoms with Gasteiger partial charge in [-0.15, -0.1) is 0 Å². The van der Waals surface area contributed by atoms with Gasteiger partial charge in [0, 0.05) is 39.3 Å². The third-order valence-corrected chi connectivity index (χ3v) is 3.68. The lowest BCUT2D eigenvalue weighted by molar-refractivity contribution is -0.152. The molecule has 6 heteroatoms. The molecular weight excluding hydrogens is 260 g/mol. The highest BCUT2D eigenvalue weighted by molar-refractivity contribution is 5.76. The monoisotopic (exact) mass is 286 g/mol. The highest BCUT2D eigenvalue weighted by Crippen LogP contribution is 2.19. The van der Waals surface area contributed by atoms with Crippen molar-refractivity contribution >= 4 is 11.9 Å². The fraction of sp³-hybridized carbons (Fsp3) is 0.857. The predicted molar refractivity (Wildman–Crippen MR) is 75.3 cm³/mol. The van der Waals surface area contributed by atoms with Gasteiger partial charge in [0.05, 0.1) is 26.1 Å². The zero-order valence-electron chi connectivity index (χ0n) is 13.0. The minimum atomic E-state index is -0.483. The van der Waals surface area contributed by atoms with E-state index in [1.165, 1.54) is 14.2 Å². The lowest BCUT2D eigenvalue weighted by atomic mass is 9.92. The Kier molecular flexibility index (Phi) is 6.42. The zero-order chi connectivity index (χ0) is 15.2. The van der Waals surface area contributed by atoms with Crippen molar-refractivity contribution in [3.05, 3.63) is 0 Å². The molecule has 0 unspecified atom stereocenters. The van der Waals surface area contributed by atoms with Crippen LogP contribution in [0.15, 0.2) is 0 Å². The van der Waals surface area contributed by atoms with E-state index in [1.807, 2.05) is 13.8 Å². The zero-order valence-corrected chi connectivity index (χ0v) is 13.0. The molecule has 1 heterocycles. The van der Waals surface area contributed by atoms with Gasteiger partial charge in [0.1, 0.15) is 0 Å². The fourth-order valence-electron chi connectivity index (χ4n) is 2.42. The minimum absolute atomic E-state index is 0.167. The molecule has 6 nitrogen and oxygen atoms in total. The smallest absolute Gasteiger partial charge is 0.312 e. The van der Waals surface area contributed by atoms with E-state index in [1.54, 1.807) is 0 Å².